The third-order valence-corrected chi connectivity index (χ3v) is 4.18. The minimum absolute atomic E-state index is 0. The average Bonchev–Trinajstić information content (AvgIpc) is 3.08. The van der Waals surface area contributed by atoms with Crippen LogP contribution in [0.25, 0.3) is 0 Å². The minimum Gasteiger partial charge on any atom is -0.480 e. The van der Waals surface area contributed by atoms with Gasteiger partial charge in [-0.1, -0.05) is 18.2 Å². The molecule has 7 heteroatoms. The number of hydrogen-bond acceptors (Lipinski definition) is 4. The van der Waals surface area contributed by atoms with Crippen molar-refractivity contribution in [2.75, 3.05) is 6.61 Å². The Morgan fingerprint density at radius 1 is 1.33 bits per heavy atom. The molecule has 24 heavy (non-hydrogen) atoms. The van der Waals surface area contributed by atoms with Gasteiger partial charge < -0.3 is 15.4 Å². The van der Waals surface area contributed by atoms with Crippen LogP contribution in [-0.2, 0) is 31.5 Å². The molecule has 1 amide bonds. The summed E-state index contributed by atoms with van der Waals surface area (Å²) >= 11 is 0. The van der Waals surface area contributed by atoms with Crippen LogP contribution in [0, 0.1) is 13.8 Å². The zero-order valence-corrected chi connectivity index (χ0v) is 15.0. The Hall–Kier alpha value is -2.05. The van der Waals surface area contributed by atoms with Crippen LogP contribution in [-0.4, -0.2) is 22.3 Å². The van der Waals surface area contributed by atoms with Gasteiger partial charge in [0.15, 0.2) is 12.4 Å². The first-order chi connectivity index (χ1) is 11.0. The predicted octanol–water partition coefficient (Wildman–Crippen LogP) is 1.76. The lowest BCUT2D eigenvalue weighted by molar-refractivity contribution is -0.123. The minimum atomic E-state index is -0.133. The highest BCUT2D eigenvalue weighted by Gasteiger charge is 2.13. The lowest BCUT2D eigenvalue weighted by Gasteiger charge is -2.09. The molecule has 2 heterocycles. The van der Waals surface area contributed by atoms with E-state index in [0.717, 1.165) is 30.0 Å². The third kappa shape index (κ3) is 3.88. The van der Waals surface area contributed by atoms with E-state index in [1.54, 1.807) is 4.68 Å². The number of benzene rings is 1. The molecule has 1 aliphatic rings. The maximum absolute atomic E-state index is 12.0. The van der Waals surface area contributed by atoms with Gasteiger partial charge in [0.05, 0.1) is 5.69 Å². The van der Waals surface area contributed by atoms with Crippen molar-refractivity contribution in [1.82, 2.24) is 20.4 Å². The van der Waals surface area contributed by atoms with Crippen LogP contribution in [0.5, 0.6) is 5.75 Å². The summed E-state index contributed by atoms with van der Waals surface area (Å²) in [5.41, 5.74) is 5.47. The van der Waals surface area contributed by atoms with Crippen LogP contribution in [0.3, 0.4) is 0 Å². The Balaban J connectivity index is 0.00000208. The molecular formula is C17H23ClN4O2. The molecule has 0 radical (unpaired) electrons. The number of hydrogen-bond donors (Lipinski definition) is 2. The molecule has 0 saturated carbocycles. The molecule has 2 N–H and O–H groups in total. The normalized spacial score (nSPS) is 12.5. The van der Waals surface area contributed by atoms with Crippen molar-refractivity contribution in [3.8, 4) is 5.75 Å². The van der Waals surface area contributed by atoms with Crippen molar-refractivity contribution < 1.29 is 9.53 Å². The van der Waals surface area contributed by atoms with Gasteiger partial charge in [0.25, 0.3) is 5.91 Å². The number of fused-ring (bicyclic) bond motifs is 1. The van der Waals surface area contributed by atoms with Gasteiger partial charge in [-0.25, -0.2) is 0 Å². The van der Waals surface area contributed by atoms with Gasteiger partial charge in [-0.2, -0.15) is 5.10 Å². The topological polar surface area (TPSA) is 68.2 Å². The zero-order chi connectivity index (χ0) is 16.4. The Morgan fingerprint density at radius 3 is 2.79 bits per heavy atom. The van der Waals surface area contributed by atoms with Crippen molar-refractivity contribution in [1.29, 1.82) is 0 Å². The summed E-state index contributed by atoms with van der Waals surface area (Å²) in [6, 6.07) is 6.32. The van der Waals surface area contributed by atoms with Gasteiger partial charge in [-0.05, 0) is 30.5 Å². The Morgan fingerprint density at radius 2 is 2.08 bits per heavy atom. The molecule has 1 aromatic carbocycles. The SMILES string of the molecule is Cc1nn(C)c(C)c1OCC(=O)NCc1ccc2c(c1)CNC2.Cl. The van der Waals surface area contributed by atoms with E-state index in [0.29, 0.717) is 12.3 Å². The number of aromatic nitrogens is 2. The van der Waals surface area contributed by atoms with Crippen molar-refractivity contribution in [2.24, 2.45) is 7.05 Å². The molecular weight excluding hydrogens is 328 g/mol. The van der Waals surface area contributed by atoms with Gasteiger partial charge in [-0.15, -0.1) is 12.4 Å². The molecule has 0 atom stereocenters. The number of carbonyl (C=O) groups excluding carboxylic acids is 1. The van der Waals surface area contributed by atoms with E-state index in [9.17, 15) is 4.79 Å². The van der Waals surface area contributed by atoms with Crippen LogP contribution in [0.2, 0.25) is 0 Å². The summed E-state index contributed by atoms with van der Waals surface area (Å²) in [6.45, 7) is 6.14. The van der Waals surface area contributed by atoms with Crippen LogP contribution in [0.15, 0.2) is 18.2 Å². The van der Waals surface area contributed by atoms with Gasteiger partial charge >= 0.3 is 0 Å². The summed E-state index contributed by atoms with van der Waals surface area (Å²) in [4.78, 5) is 12.0. The molecule has 0 spiro atoms. The molecule has 0 bridgehead atoms. The lowest BCUT2D eigenvalue weighted by atomic mass is 10.1. The van der Waals surface area contributed by atoms with Gasteiger partial charge in [0.2, 0.25) is 0 Å². The van der Waals surface area contributed by atoms with Crippen LogP contribution < -0.4 is 15.4 Å². The number of nitrogens with zero attached hydrogens (tertiary/aromatic N) is 2. The maximum atomic E-state index is 12.0. The Bertz CT molecular complexity index is 742. The first-order valence-corrected chi connectivity index (χ1v) is 7.75. The van der Waals surface area contributed by atoms with Crippen molar-refractivity contribution in [2.45, 2.75) is 33.5 Å². The van der Waals surface area contributed by atoms with Gasteiger partial charge in [0, 0.05) is 26.7 Å². The molecule has 130 valence electrons. The Labute approximate surface area is 148 Å². The fourth-order valence-electron chi connectivity index (χ4n) is 2.81. The molecule has 3 rings (SSSR count). The van der Waals surface area contributed by atoms with Crippen LogP contribution >= 0.6 is 12.4 Å². The first-order valence-electron chi connectivity index (χ1n) is 7.75. The average molecular weight is 351 g/mol. The highest BCUT2D eigenvalue weighted by molar-refractivity contribution is 5.85. The fourth-order valence-corrected chi connectivity index (χ4v) is 2.81. The van der Waals surface area contributed by atoms with E-state index >= 15 is 0 Å². The maximum Gasteiger partial charge on any atom is 0.258 e. The van der Waals surface area contributed by atoms with Gasteiger partial charge in [-0.3, -0.25) is 9.48 Å². The molecule has 2 aromatic rings. The molecule has 0 aliphatic carbocycles. The summed E-state index contributed by atoms with van der Waals surface area (Å²) < 4.78 is 7.36. The van der Waals surface area contributed by atoms with E-state index in [1.807, 2.05) is 20.9 Å². The number of rotatable bonds is 5. The van der Waals surface area contributed by atoms with Gasteiger partial charge in [0.1, 0.15) is 5.69 Å². The largest absolute Gasteiger partial charge is 0.480 e. The summed E-state index contributed by atoms with van der Waals surface area (Å²) in [5, 5.41) is 10.5. The standard InChI is InChI=1S/C17H22N4O2.ClH/c1-11-17(12(2)21(3)20-11)23-10-16(22)19-7-13-4-5-14-8-18-9-15(14)6-13;/h4-6,18H,7-10H2,1-3H3,(H,19,22);1H. The summed E-state index contributed by atoms with van der Waals surface area (Å²) in [5.74, 6) is 0.553. The molecule has 1 aromatic heterocycles. The lowest BCUT2D eigenvalue weighted by Crippen LogP contribution is -2.28. The second-order valence-electron chi connectivity index (χ2n) is 5.90. The van der Waals surface area contributed by atoms with Crippen molar-refractivity contribution in [3.05, 3.63) is 46.3 Å². The second-order valence-corrected chi connectivity index (χ2v) is 5.90. The number of halogens is 1. The van der Waals surface area contributed by atoms with E-state index in [4.69, 9.17) is 4.74 Å². The van der Waals surface area contributed by atoms with E-state index < -0.39 is 0 Å². The van der Waals surface area contributed by atoms with E-state index in [1.165, 1.54) is 11.1 Å². The molecule has 6 nitrogen and oxygen atoms in total. The fraction of sp³-hybridized carbons (Fsp3) is 0.412. The zero-order valence-electron chi connectivity index (χ0n) is 14.2. The third-order valence-electron chi connectivity index (χ3n) is 4.18. The number of nitrogens with one attached hydrogen (secondary N) is 2. The first kappa shape index (κ1) is 18.3. The van der Waals surface area contributed by atoms with Crippen molar-refractivity contribution >= 4 is 18.3 Å². The Kier molecular flexibility index (Phi) is 5.85. The van der Waals surface area contributed by atoms with E-state index in [2.05, 4.69) is 33.9 Å². The molecule has 1 aliphatic heterocycles. The van der Waals surface area contributed by atoms with Crippen LogP contribution in [0.4, 0.5) is 0 Å². The number of aryl methyl sites for hydroxylation is 2. The summed E-state index contributed by atoms with van der Waals surface area (Å²) in [6.07, 6.45) is 0. The highest BCUT2D eigenvalue weighted by atomic mass is 35.5. The molecule has 0 fully saturated rings. The van der Waals surface area contributed by atoms with Crippen molar-refractivity contribution in [3.63, 3.8) is 0 Å². The second kappa shape index (κ2) is 7.68. The smallest absolute Gasteiger partial charge is 0.258 e. The quantitative estimate of drug-likeness (QED) is 0.862. The predicted molar refractivity (Wildman–Crippen MR) is 94.3 cm³/mol. The highest BCUT2D eigenvalue weighted by Crippen LogP contribution is 2.21. The number of carbonyl (C=O) groups is 1. The monoisotopic (exact) mass is 350 g/mol. The molecule has 0 unspecified atom stereocenters. The van der Waals surface area contributed by atoms with Crippen LogP contribution in [0.1, 0.15) is 28.1 Å². The number of ether oxygens (including phenoxy) is 1. The van der Waals surface area contributed by atoms with E-state index in [-0.39, 0.29) is 24.9 Å². The molecule has 0 saturated heterocycles. The summed E-state index contributed by atoms with van der Waals surface area (Å²) in [7, 11) is 1.86. The number of amides is 1.